The number of amides is 1. The van der Waals surface area contributed by atoms with Gasteiger partial charge in [0, 0.05) is 46.8 Å². The standard InChI is InChI=1S/C32H31ClN8O4S2/c33-21-5-1-20(2-6-21)30-40-22(17-46-30)18-47-31-25(16-36)28(24(15-35)29(38)41-31)19-3-7-23(8-4-19)44-13-14-45-32(43)26(39-12-11-34)9-10-27(37)42/h1-8,17,26,39H,9-14,18,34H2,(H2,37,42)(H2,38,41)/t26-/m1/s1. The maximum atomic E-state index is 12.4. The molecule has 0 unspecified atom stereocenters. The normalized spacial score (nSPS) is 11.3. The van der Waals surface area contributed by atoms with Crippen LogP contribution < -0.4 is 27.3 Å². The zero-order valence-corrected chi connectivity index (χ0v) is 27.5. The number of hydrogen-bond acceptors (Lipinski definition) is 13. The molecule has 0 radical (unpaired) electrons. The second-order valence-electron chi connectivity index (χ2n) is 9.93. The van der Waals surface area contributed by atoms with Crippen molar-refractivity contribution in [3.05, 3.63) is 75.8 Å². The van der Waals surface area contributed by atoms with E-state index in [-0.39, 0.29) is 43.0 Å². The lowest BCUT2D eigenvalue weighted by Crippen LogP contribution is -2.41. The Hall–Kier alpha value is -4.70. The zero-order valence-electron chi connectivity index (χ0n) is 25.1. The molecule has 0 aliphatic rings. The number of hydrogen-bond donors (Lipinski definition) is 4. The van der Waals surface area contributed by atoms with Gasteiger partial charge in [-0.05, 0) is 36.2 Å². The Labute approximate surface area is 284 Å². The van der Waals surface area contributed by atoms with Gasteiger partial charge >= 0.3 is 5.97 Å². The van der Waals surface area contributed by atoms with Gasteiger partial charge in [-0.25, -0.2) is 9.97 Å². The molecular formula is C32H31ClN8O4S2. The van der Waals surface area contributed by atoms with Crippen LogP contribution in [0, 0.1) is 22.7 Å². The number of pyridine rings is 1. The molecule has 15 heteroatoms. The third kappa shape index (κ3) is 9.65. The fraction of sp³-hybridized carbons (Fsp3) is 0.250. The van der Waals surface area contributed by atoms with Crippen LogP contribution in [0.1, 0.15) is 29.7 Å². The summed E-state index contributed by atoms with van der Waals surface area (Å²) in [5.74, 6) is -0.126. The number of nitrogens with one attached hydrogen (secondary N) is 1. The smallest absolute Gasteiger partial charge is 0.323 e. The molecule has 12 nitrogen and oxygen atoms in total. The zero-order chi connectivity index (χ0) is 33.8. The average molecular weight is 691 g/mol. The first-order valence-corrected chi connectivity index (χ1v) is 16.6. The van der Waals surface area contributed by atoms with Crippen molar-refractivity contribution < 1.29 is 19.1 Å². The number of aromatic nitrogens is 2. The van der Waals surface area contributed by atoms with Crippen molar-refractivity contribution >= 4 is 52.4 Å². The van der Waals surface area contributed by atoms with Crippen molar-refractivity contribution in [2.45, 2.75) is 29.7 Å². The number of thiazole rings is 1. The molecule has 0 saturated carbocycles. The predicted octanol–water partition coefficient (Wildman–Crippen LogP) is 4.25. The number of benzene rings is 2. The maximum absolute atomic E-state index is 12.4. The molecule has 1 amide bonds. The number of anilines is 1. The van der Waals surface area contributed by atoms with Gasteiger partial charge in [0.2, 0.25) is 5.91 Å². The monoisotopic (exact) mass is 690 g/mol. The van der Waals surface area contributed by atoms with E-state index in [0.29, 0.717) is 45.8 Å². The number of nitriles is 2. The highest BCUT2D eigenvalue weighted by Crippen LogP contribution is 2.37. The van der Waals surface area contributed by atoms with Crippen molar-refractivity contribution in [3.63, 3.8) is 0 Å². The molecule has 242 valence electrons. The highest BCUT2D eigenvalue weighted by atomic mass is 35.5. The van der Waals surface area contributed by atoms with Crippen LogP contribution in [0.25, 0.3) is 21.7 Å². The highest BCUT2D eigenvalue weighted by Gasteiger charge is 2.22. The minimum atomic E-state index is -0.710. The number of nitrogen functional groups attached to an aromatic ring is 1. The van der Waals surface area contributed by atoms with Crippen molar-refractivity contribution in [3.8, 4) is 39.6 Å². The van der Waals surface area contributed by atoms with Crippen molar-refractivity contribution in [2.75, 3.05) is 32.0 Å². The quantitative estimate of drug-likeness (QED) is 0.0737. The summed E-state index contributed by atoms with van der Waals surface area (Å²) < 4.78 is 11.0. The van der Waals surface area contributed by atoms with Crippen molar-refractivity contribution in [1.82, 2.24) is 15.3 Å². The molecule has 0 aliphatic heterocycles. The predicted molar refractivity (Wildman–Crippen MR) is 181 cm³/mol. The minimum absolute atomic E-state index is 0.0151. The maximum Gasteiger partial charge on any atom is 0.323 e. The van der Waals surface area contributed by atoms with E-state index < -0.39 is 17.9 Å². The van der Waals surface area contributed by atoms with Gasteiger partial charge in [-0.3, -0.25) is 9.59 Å². The number of esters is 1. The van der Waals surface area contributed by atoms with Crippen LogP contribution >= 0.6 is 34.7 Å². The van der Waals surface area contributed by atoms with E-state index in [1.807, 2.05) is 29.6 Å². The summed E-state index contributed by atoms with van der Waals surface area (Å²) >= 11 is 8.81. The Morgan fingerprint density at radius 2 is 1.72 bits per heavy atom. The number of nitrogens with two attached hydrogens (primary N) is 3. The number of carbonyl (C=O) groups is 2. The van der Waals surface area contributed by atoms with Gasteiger partial charge in [-0.1, -0.05) is 47.6 Å². The van der Waals surface area contributed by atoms with E-state index in [4.69, 9.17) is 43.3 Å². The summed E-state index contributed by atoms with van der Waals surface area (Å²) in [4.78, 5) is 32.6. The van der Waals surface area contributed by atoms with Crippen LogP contribution in [-0.2, 0) is 20.1 Å². The number of halogens is 1. The molecule has 4 aromatic rings. The molecule has 0 saturated heterocycles. The topological polar surface area (TPSA) is 216 Å². The first-order valence-electron chi connectivity index (χ1n) is 14.3. The highest BCUT2D eigenvalue weighted by molar-refractivity contribution is 7.98. The fourth-order valence-electron chi connectivity index (χ4n) is 4.40. The van der Waals surface area contributed by atoms with Gasteiger partial charge < -0.3 is 32.0 Å². The largest absolute Gasteiger partial charge is 0.490 e. The van der Waals surface area contributed by atoms with Gasteiger partial charge in [0.05, 0.1) is 11.3 Å². The molecule has 0 fully saturated rings. The van der Waals surface area contributed by atoms with Crippen molar-refractivity contribution in [2.24, 2.45) is 11.5 Å². The third-order valence-electron chi connectivity index (χ3n) is 6.65. The number of ether oxygens (including phenoxy) is 2. The van der Waals surface area contributed by atoms with Gasteiger partial charge in [0.1, 0.15) is 58.6 Å². The van der Waals surface area contributed by atoms with Crippen LogP contribution in [0.5, 0.6) is 5.75 Å². The van der Waals surface area contributed by atoms with Crippen LogP contribution in [0.2, 0.25) is 5.02 Å². The molecule has 47 heavy (non-hydrogen) atoms. The second kappa shape index (κ2) is 17.3. The first kappa shape index (κ1) is 35.2. The molecule has 1 atom stereocenters. The summed E-state index contributed by atoms with van der Waals surface area (Å²) in [6.45, 7) is 0.730. The number of rotatable bonds is 16. The van der Waals surface area contributed by atoms with Gasteiger partial charge in [0.15, 0.2) is 0 Å². The Balaban J connectivity index is 1.42. The number of thioether (sulfide) groups is 1. The lowest BCUT2D eigenvalue weighted by molar-refractivity contribution is -0.147. The van der Waals surface area contributed by atoms with E-state index in [2.05, 4.69) is 22.4 Å². The van der Waals surface area contributed by atoms with Crippen LogP contribution in [-0.4, -0.2) is 54.2 Å². The first-order chi connectivity index (χ1) is 22.7. The Bertz CT molecular complexity index is 1790. The summed E-state index contributed by atoms with van der Waals surface area (Å²) in [5.41, 5.74) is 19.9. The van der Waals surface area contributed by atoms with Crippen LogP contribution in [0.15, 0.2) is 58.9 Å². The Morgan fingerprint density at radius 3 is 2.38 bits per heavy atom. The van der Waals surface area contributed by atoms with Gasteiger partial charge in [0.25, 0.3) is 0 Å². The molecular weight excluding hydrogens is 660 g/mol. The van der Waals surface area contributed by atoms with Crippen LogP contribution in [0.3, 0.4) is 0 Å². The number of nitrogens with zero attached hydrogens (tertiary/aromatic N) is 4. The average Bonchev–Trinajstić information content (AvgIpc) is 3.55. The minimum Gasteiger partial charge on any atom is -0.490 e. The molecule has 2 heterocycles. The third-order valence-corrected chi connectivity index (χ3v) is 8.85. The molecule has 2 aromatic carbocycles. The van der Waals surface area contributed by atoms with Gasteiger partial charge in [-0.15, -0.1) is 11.3 Å². The second-order valence-corrected chi connectivity index (χ2v) is 12.2. The number of primary amides is 1. The fourth-order valence-corrected chi connectivity index (χ4v) is 6.34. The van der Waals surface area contributed by atoms with E-state index in [9.17, 15) is 20.1 Å². The Kier molecular flexibility index (Phi) is 12.9. The summed E-state index contributed by atoms with van der Waals surface area (Å²) in [5, 5.41) is 26.8. The number of carbonyl (C=O) groups excluding carboxylic acids is 2. The van der Waals surface area contributed by atoms with Crippen LogP contribution in [0.4, 0.5) is 5.82 Å². The summed E-state index contributed by atoms with van der Waals surface area (Å²) in [7, 11) is 0. The van der Waals surface area contributed by atoms with E-state index >= 15 is 0 Å². The van der Waals surface area contributed by atoms with E-state index in [1.54, 1.807) is 24.3 Å². The molecule has 7 N–H and O–H groups in total. The Morgan fingerprint density at radius 1 is 1.02 bits per heavy atom. The van der Waals surface area contributed by atoms with E-state index in [0.717, 1.165) is 16.3 Å². The van der Waals surface area contributed by atoms with Crippen molar-refractivity contribution in [1.29, 1.82) is 10.5 Å². The molecule has 0 aliphatic carbocycles. The molecule has 2 aromatic heterocycles. The summed E-state index contributed by atoms with van der Waals surface area (Å²) in [6.07, 6.45) is 0.226. The SMILES string of the molecule is N#Cc1c(N)nc(SCc2csc(-c3ccc(Cl)cc3)n2)c(C#N)c1-c1ccc(OCCOC(=O)[C@@H](CCC(N)=O)NCCN)cc1. The lowest BCUT2D eigenvalue weighted by Gasteiger charge is -2.17. The summed E-state index contributed by atoms with van der Waals surface area (Å²) in [6, 6.07) is 17.8. The molecule has 0 bridgehead atoms. The van der Waals surface area contributed by atoms with Gasteiger partial charge in [-0.2, -0.15) is 10.5 Å². The molecule has 4 rings (SSSR count). The lowest BCUT2D eigenvalue weighted by atomic mass is 9.97. The molecule has 0 spiro atoms. The van der Waals surface area contributed by atoms with E-state index in [1.165, 1.54) is 23.1 Å².